The first kappa shape index (κ1) is 17.4. The van der Waals surface area contributed by atoms with Gasteiger partial charge in [0.2, 0.25) is 5.16 Å². The summed E-state index contributed by atoms with van der Waals surface area (Å²) in [4.78, 5) is 0. The molecule has 2 aromatic carbocycles. The second-order valence-corrected chi connectivity index (χ2v) is 6.98. The van der Waals surface area contributed by atoms with Gasteiger partial charge >= 0.3 is 0 Å². The van der Waals surface area contributed by atoms with Gasteiger partial charge in [0.15, 0.2) is 5.82 Å². The maximum atomic E-state index is 13.8. The van der Waals surface area contributed by atoms with Gasteiger partial charge in [0.05, 0.1) is 5.02 Å². The largest absolute Gasteiger partial charge is 0.335 e. The molecule has 124 valence electrons. The van der Waals surface area contributed by atoms with E-state index in [9.17, 15) is 4.39 Å². The van der Waals surface area contributed by atoms with E-state index in [0.29, 0.717) is 37.2 Å². The van der Waals surface area contributed by atoms with Crippen molar-refractivity contribution in [1.82, 2.24) is 14.9 Å². The molecule has 1 aromatic heterocycles. The number of halogens is 4. The second-order valence-electron chi connectivity index (χ2n) is 4.79. The first-order chi connectivity index (χ1) is 11.5. The maximum absolute atomic E-state index is 13.8. The topological polar surface area (TPSA) is 56.7 Å². The average Bonchev–Trinajstić information content (AvgIpc) is 2.88. The lowest BCUT2D eigenvalue weighted by Crippen LogP contribution is -2.11. The van der Waals surface area contributed by atoms with Crippen LogP contribution in [0, 0.1) is 5.82 Å². The Hall–Kier alpha value is -1.47. The van der Waals surface area contributed by atoms with Crippen LogP contribution in [0.4, 0.5) is 4.39 Å². The van der Waals surface area contributed by atoms with Gasteiger partial charge in [-0.25, -0.2) is 9.07 Å². The van der Waals surface area contributed by atoms with Crippen LogP contribution < -0.4 is 5.84 Å². The number of nitrogens with two attached hydrogens (primary N) is 1. The quantitative estimate of drug-likeness (QED) is 0.489. The fourth-order valence-electron chi connectivity index (χ4n) is 2.04. The minimum Gasteiger partial charge on any atom is -0.335 e. The minimum atomic E-state index is -0.376. The van der Waals surface area contributed by atoms with Gasteiger partial charge < -0.3 is 5.84 Å². The highest BCUT2D eigenvalue weighted by atomic mass is 35.5. The molecule has 24 heavy (non-hydrogen) atoms. The Kier molecular flexibility index (Phi) is 5.20. The predicted octanol–water partition coefficient (Wildman–Crippen LogP) is 5.05. The average molecular weight is 404 g/mol. The van der Waals surface area contributed by atoms with Gasteiger partial charge in [0, 0.05) is 26.9 Å². The third-order valence-corrected chi connectivity index (χ3v) is 5.12. The van der Waals surface area contributed by atoms with Crippen LogP contribution in [0.5, 0.6) is 0 Å². The van der Waals surface area contributed by atoms with Gasteiger partial charge in [-0.2, -0.15) is 0 Å². The summed E-state index contributed by atoms with van der Waals surface area (Å²) in [5, 5.41) is 9.76. The van der Waals surface area contributed by atoms with Crippen LogP contribution in [0.3, 0.4) is 0 Å². The molecule has 0 unspecified atom stereocenters. The summed E-state index contributed by atoms with van der Waals surface area (Å²) >= 11 is 19.3. The van der Waals surface area contributed by atoms with E-state index in [1.807, 2.05) is 0 Å². The maximum Gasteiger partial charge on any atom is 0.210 e. The van der Waals surface area contributed by atoms with Crippen LogP contribution in [0.15, 0.2) is 41.6 Å². The SMILES string of the molecule is Nn1c(SCc2c(F)cccc2Cl)nnc1-c1ccc(Cl)cc1Cl. The number of nitrogens with zero attached hydrogens (tertiary/aromatic N) is 3. The molecule has 0 saturated heterocycles. The normalized spacial score (nSPS) is 11.0. The van der Waals surface area contributed by atoms with Crippen LogP contribution in [0.2, 0.25) is 15.1 Å². The van der Waals surface area contributed by atoms with Gasteiger partial charge in [0.1, 0.15) is 5.82 Å². The zero-order valence-corrected chi connectivity index (χ0v) is 15.1. The fourth-order valence-corrected chi connectivity index (χ4v) is 3.73. The zero-order valence-electron chi connectivity index (χ0n) is 12.0. The molecule has 0 amide bonds. The Labute approximate surface area is 156 Å². The van der Waals surface area contributed by atoms with E-state index in [-0.39, 0.29) is 11.6 Å². The molecular formula is C15H10Cl3FN4S. The van der Waals surface area contributed by atoms with Crippen molar-refractivity contribution in [3.05, 3.63) is 62.8 Å². The van der Waals surface area contributed by atoms with Crippen molar-refractivity contribution in [2.24, 2.45) is 0 Å². The lowest BCUT2D eigenvalue weighted by atomic mass is 10.2. The van der Waals surface area contributed by atoms with Gasteiger partial charge in [-0.05, 0) is 30.3 Å². The molecule has 0 saturated carbocycles. The number of rotatable bonds is 4. The van der Waals surface area contributed by atoms with Gasteiger partial charge in [-0.3, -0.25) is 0 Å². The minimum absolute atomic E-state index is 0.273. The molecule has 3 rings (SSSR count). The lowest BCUT2D eigenvalue weighted by Gasteiger charge is -2.07. The molecule has 4 nitrogen and oxygen atoms in total. The van der Waals surface area contributed by atoms with E-state index in [2.05, 4.69) is 10.2 Å². The second kappa shape index (κ2) is 7.19. The number of nitrogen functional groups attached to an aromatic ring is 1. The first-order valence-corrected chi connectivity index (χ1v) is 8.81. The van der Waals surface area contributed by atoms with Crippen molar-refractivity contribution in [1.29, 1.82) is 0 Å². The third kappa shape index (κ3) is 3.47. The Balaban J connectivity index is 1.85. The molecular weight excluding hydrogens is 394 g/mol. The summed E-state index contributed by atoms with van der Waals surface area (Å²) in [6.45, 7) is 0. The van der Waals surface area contributed by atoms with E-state index in [0.717, 1.165) is 0 Å². The molecule has 3 aromatic rings. The highest BCUT2D eigenvalue weighted by molar-refractivity contribution is 7.98. The molecule has 0 bridgehead atoms. The Morgan fingerprint density at radius 1 is 1.08 bits per heavy atom. The number of aromatic nitrogens is 3. The van der Waals surface area contributed by atoms with Crippen molar-refractivity contribution in [2.75, 3.05) is 5.84 Å². The number of thioether (sulfide) groups is 1. The van der Waals surface area contributed by atoms with Crippen LogP contribution in [-0.4, -0.2) is 14.9 Å². The summed E-state index contributed by atoms with van der Waals surface area (Å²) in [5.74, 6) is 6.32. The van der Waals surface area contributed by atoms with Crippen LogP contribution in [0.1, 0.15) is 5.56 Å². The van der Waals surface area contributed by atoms with Crippen molar-refractivity contribution in [3.8, 4) is 11.4 Å². The summed E-state index contributed by atoms with van der Waals surface area (Å²) in [6.07, 6.45) is 0. The molecule has 0 aliphatic heterocycles. The van der Waals surface area contributed by atoms with Crippen molar-refractivity contribution in [2.45, 2.75) is 10.9 Å². The van der Waals surface area contributed by atoms with Crippen molar-refractivity contribution in [3.63, 3.8) is 0 Å². The fraction of sp³-hybridized carbons (Fsp3) is 0.0667. The molecule has 2 N–H and O–H groups in total. The Morgan fingerprint density at radius 2 is 1.88 bits per heavy atom. The molecule has 0 atom stereocenters. The van der Waals surface area contributed by atoms with Crippen molar-refractivity contribution >= 4 is 46.6 Å². The van der Waals surface area contributed by atoms with Crippen LogP contribution in [0.25, 0.3) is 11.4 Å². The standard InChI is InChI=1S/C15H10Cl3FN4S/c16-8-4-5-9(12(18)6-8)14-21-22-15(23(14)20)24-7-10-11(17)2-1-3-13(10)19/h1-6H,7,20H2. The Morgan fingerprint density at radius 3 is 2.58 bits per heavy atom. The molecule has 0 spiro atoms. The van der Waals surface area contributed by atoms with E-state index in [4.69, 9.17) is 40.6 Å². The first-order valence-electron chi connectivity index (χ1n) is 6.69. The van der Waals surface area contributed by atoms with E-state index >= 15 is 0 Å². The predicted molar refractivity (Wildman–Crippen MR) is 96.6 cm³/mol. The van der Waals surface area contributed by atoms with E-state index < -0.39 is 0 Å². The van der Waals surface area contributed by atoms with Crippen LogP contribution >= 0.6 is 46.6 Å². The van der Waals surface area contributed by atoms with Gasteiger partial charge in [-0.1, -0.05) is 52.6 Å². The molecule has 0 aliphatic carbocycles. The van der Waals surface area contributed by atoms with Gasteiger partial charge in [0.25, 0.3) is 0 Å². The monoisotopic (exact) mass is 402 g/mol. The number of hydrogen-bond acceptors (Lipinski definition) is 4. The summed E-state index contributed by atoms with van der Waals surface area (Å²) in [5.41, 5.74) is 0.991. The van der Waals surface area contributed by atoms with Gasteiger partial charge in [-0.15, -0.1) is 10.2 Å². The number of benzene rings is 2. The molecule has 0 aliphatic rings. The van der Waals surface area contributed by atoms with Crippen molar-refractivity contribution < 1.29 is 4.39 Å². The Bertz CT molecular complexity index is 880. The summed E-state index contributed by atoms with van der Waals surface area (Å²) in [6, 6.07) is 9.53. The smallest absolute Gasteiger partial charge is 0.210 e. The molecule has 1 heterocycles. The van der Waals surface area contributed by atoms with E-state index in [1.165, 1.54) is 22.5 Å². The summed E-state index contributed by atoms with van der Waals surface area (Å²) < 4.78 is 15.1. The highest BCUT2D eigenvalue weighted by Crippen LogP contribution is 2.32. The molecule has 0 radical (unpaired) electrons. The zero-order chi connectivity index (χ0) is 17.3. The van der Waals surface area contributed by atoms with Crippen LogP contribution in [-0.2, 0) is 5.75 Å². The van der Waals surface area contributed by atoms with E-state index in [1.54, 1.807) is 30.3 Å². The number of hydrogen-bond donors (Lipinski definition) is 1. The molecule has 9 heteroatoms. The molecule has 0 fully saturated rings. The third-order valence-electron chi connectivity index (χ3n) is 3.24. The summed E-state index contributed by atoms with van der Waals surface area (Å²) in [7, 11) is 0. The highest BCUT2D eigenvalue weighted by Gasteiger charge is 2.16. The lowest BCUT2D eigenvalue weighted by molar-refractivity contribution is 0.617.